The lowest BCUT2D eigenvalue weighted by atomic mass is 9.99. The van der Waals surface area contributed by atoms with E-state index in [0.29, 0.717) is 12.0 Å². The fraction of sp³-hybridized carbons (Fsp3) is 0.333. The summed E-state index contributed by atoms with van der Waals surface area (Å²) in [7, 11) is 1.86. The predicted octanol–water partition coefficient (Wildman–Crippen LogP) is 4.15. The van der Waals surface area contributed by atoms with Crippen LogP contribution in [0.15, 0.2) is 24.3 Å². The first kappa shape index (κ1) is 14.2. The van der Waals surface area contributed by atoms with E-state index in [1.807, 2.05) is 7.05 Å². The van der Waals surface area contributed by atoms with Crippen LogP contribution in [0, 0.1) is 25.5 Å². The van der Waals surface area contributed by atoms with Crippen LogP contribution in [-0.2, 0) is 6.42 Å². The Kier molecular flexibility index (Phi) is 4.32. The van der Waals surface area contributed by atoms with E-state index in [2.05, 4.69) is 25.2 Å². The quantitative estimate of drug-likeness (QED) is 0.888. The number of thiophene rings is 1. The van der Waals surface area contributed by atoms with Gasteiger partial charge in [-0.25, -0.2) is 8.78 Å². The minimum Gasteiger partial charge on any atom is -0.313 e. The Bertz CT molecular complexity index is 578. The second-order valence-corrected chi connectivity index (χ2v) is 6.11. The summed E-state index contributed by atoms with van der Waals surface area (Å²) < 4.78 is 26.6. The predicted molar refractivity (Wildman–Crippen MR) is 75.7 cm³/mol. The molecule has 0 amide bonds. The standard InChI is InChI=1S/C15H17F2NS/c1-9-6-13(10(2)19-9)15(18-3)7-11-4-5-12(16)8-14(11)17/h4-6,8,15,18H,7H2,1-3H3. The summed E-state index contributed by atoms with van der Waals surface area (Å²) in [5.74, 6) is -1.02. The van der Waals surface area contributed by atoms with Crippen molar-refractivity contribution in [2.75, 3.05) is 7.05 Å². The summed E-state index contributed by atoms with van der Waals surface area (Å²) in [5, 5.41) is 3.21. The van der Waals surface area contributed by atoms with Gasteiger partial charge in [0.2, 0.25) is 0 Å². The van der Waals surface area contributed by atoms with Gasteiger partial charge >= 0.3 is 0 Å². The highest BCUT2D eigenvalue weighted by molar-refractivity contribution is 7.12. The highest BCUT2D eigenvalue weighted by Crippen LogP contribution is 2.29. The lowest BCUT2D eigenvalue weighted by molar-refractivity contribution is 0.540. The molecule has 0 spiro atoms. The van der Waals surface area contributed by atoms with Crippen molar-refractivity contribution in [2.24, 2.45) is 0 Å². The third-order valence-electron chi connectivity index (χ3n) is 3.24. The Morgan fingerprint density at radius 3 is 2.47 bits per heavy atom. The van der Waals surface area contributed by atoms with E-state index in [4.69, 9.17) is 0 Å². The fourth-order valence-electron chi connectivity index (χ4n) is 2.27. The summed E-state index contributed by atoms with van der Waals surface area (Å²) >= 11 is 1.74. The zero-order valence-electron chi connectivity index (χ0n) is 11.3. The van der Waals surface area contributed by atoms with Crippen LogP contribution in [0.5, 0.6) is 0 Å². The molecule has 1 aromatic carbocycles. The largest absolute Gasteiger partial charge is 0.313 e. The van der Waals surface area contributed by atoms with Gasteiger partial charge in [-0.2, -0.15) is 0 Å². The van der Waals surface area contributed by atoms with Crippen molar-refractivity contribution in [3.05, 3.63) is 56.8 Å². The molecule has 0 fully saturated rings. The van der Waals surface area contributed by atoms with Gasteiger partial charge in [0.1, 0.15) is 11.6 Å². The van der Waals surface area contributed by atoms with Crippen LogP contribution < -0.4 is 5.32 Å². The maximum absolute atomic E-state index is 13.7. The number of benzene rings is 1. The van der Waals surface area contributed by atoms with Crippen LogP contribution in [0.2, 0.25) is 0 Å². The van der Waals surface area contributed by atoms with Crippen LogP contribution >= 0.6 is 11.3 Å². The zero-order valence-corrected chi connectivity index (χ0v) is 12.1. The summed E-state index contributed by atoms with van der Waals surface area (Å²) in [6.07, 6.45) is 0.514. The minimum absolute atomic E-state index is 0.0462. The number of halogens is 2. The monoisotopic (exact) mass is 281 g/mol. The van der Waals surface area contributed by atoms with Gasteiger partial charge in [0.15, 0.2) is 0 Å². The van der Waals surface area contributed by atoms with Gasteiger partial charge < -0.3 is 5.32 Å². The summed E-state index contributed by atoms with van der Waals surface area (Å²) in [4.78, 5) is 2.48. The second kappa shape index (κ2) is 5.80. The number of likely N-dealkylation sites (N-methyl/N-ethyl adjacent to an activating group) is 1. The van der Waals surface area contributed by atoms with Gasteiger partial charge in [0.25, 0.3) is 0 Å². The van der Waals surface area contributed by atoms with Crippen LogP contribution in [0.25, 0.3) is 0 Å². The molecule has 19 heavy (non-hydrogen) atoms. The molecule has 0 saturated carbocycles. The van der Waals surface area contributed by atoms with E-state index < -0.39 is 11.6 Å². The molecule has 1 atom stereocenters. The molecule has 0 aliphatic heterocycles. The van der Waals surface area contributed by atoms with Crippen molar-refractivity contribution in [1.29, 1.82) is 0 Å². The van der Waals surface area contributed by atoms with Crippen molar-refractivity contribution in [1.82, 2.24) is 5.32 Å². The van der Waals surface area contributed by atoms with Gasteiger partial charge in [-0.1, -0.05) is 6.07 Å². The smallest absolute Gasteiger partial charge is 0.129 e. The number of hydrogen-bond acceptors (Lipinski definition) is 2. The van der Waals surface area contributed by atoms with Gasteiger partial charge in [0, 0.05) is 21.9 Å². The van der Waals surface area contributed by atoms with E-state index in [9.17, 15) is 8.78 Å². The van der Waals surface area contributed by atoms with E-state index in [1.165, 1.54) is 27.5 Å². The fourth-order valence-corrected chi connectivity index (χ4v) is 3.26. The third-order valence-corrected chi connectivity index (χ3v) is 4.22. The molecular weight excluding hydrogens is 264 g/mol. The van der Waals surface area contributed by atoms with Crippen molar-refractivity contribution in [3.63, 3.8) is 0 Å². The first-order chi connectivity index (χ1) is 9.01. The maximum atomic E-state index is 13.7. The number of rotatable bonds is 4. The van der Waals surface area contributed by atoms with Gasteiger partial charge in [0.05, 0.1) is 0 Å². The number of nitrogens with one attached hydrogen (secondary N) is 1. The highest BCUT2D eigenvalue weighted by Gasteiger charge is 2.16. The minimum atomic E-state index is -0.537. The Morgan fingerprint density at radius 2 is 1.95 bits per heavy atom. The van der Waals surface area contributed by atoms with E-state index in [-0.39, 0.29) is 6.04 Å². The summed E-state index contributed by atoms with van der Waals surface area (Å²) in [5.41, 5.74) is 1.72. The lowest BCUT2D eigenvalue weighted by Gasteiger charge is -2.17. The van der Waals surface area contributed by atoms with Crippen molar-refractivity contribution < 1.29 is 8.78 Å². The first-order valence-electron chi connectivity index (χ1n) is 6.19. The average Bonchev–Trinajstić information content (AvgIpc) is 2.68. The van der Waals surface area contributed by atoms with Crippen molar-refractivity contribution in [2.45, 2.75) is 26.3 Å². The molecule has 1 unspecified atom stereocenters. The van der Waals surface area contributed by atoms with Gasteiger partial charge in [-0.05, 0) is 50.6 Å². The van der Waals surface area contributed by atoms with E-state index in [0.717, 1.165) is 6.07 Å². The normalized spacial score (nSPS) is 12.7. The van der Waals surface area contributed by atoms with Crippen LogP contribution in [0.4, 0.5) is 8.78 Å². The van der Waals surface area contributed by atoms with Crippen LogP contribution in [0.3, 0.4) is 0 Å². The molecule has 1 aromatic heterocycles. The molecule has 0 aliphatic rings. The average molecular weight is 281 g/mol. The summed E-state index contributed by atoms with van der Waals surface area (Å²) in [6.45, 7) is 4.13. The number of aryl methyl sites for hydroxylation is 2. The molecule has 4 heteroatoms. The van der Waals surface area contributed by atoms with Crippen LogP contribution in [0.1, 0.15) is 26.9 Å². The molecule has 102 valence electrons. The van der Waals surface area contributed by atoms with E-state index in [1.54, 1.807) is 11.3 Å². The maximum Gasteiger partial charge on any atom is 0.129 e. The molecule has 0 bridgehead atoms. The Morgan fingerprint density at radius 1 is 1.21 bits per heavy atom. The SMILES string of the molecule is CNC(Cc1ccc(F)cc1F)c1cc(C)sc1C. The molecule has 0 radical (unpaired) electrons. The molecule has 1 N–H and O–H groups in total. The molecule has 2 rings (SSSR count). The molecule has 1 nitrogen and oxygen atoms in total. The molecule has 0 aliphatic carbocycles. The molecule has 1 heterocycles. The molecule has 2 aromatic rings. The van der Waals surface area contributed by atoms with Gasteiger partial charge in [-0.3, -0.25) is 0 Å². The van der Waals surface area contributed by atoms with Crippen LogP contribution in [-0.4, -0.2) is 7.05 Å². The molecule has 0 saturated heterocycles. The first-order valence-corrected chi connectivity index (χ1v) is 7.01. The Balaban J connectivity index is 2.26. The number of hydrogen-bond donors (Lipinski definition) is 1. The highest BCUT2D eigenvalue weighted by atomic mass is 32.1. The van der Waals surface area contributed by atoms with E-state index >= 15 is 0 Å². The second-order valence-electron chi connectivity index (χ2n) is 4.65. The Hall–Kier alpha value is -1.26. The topological polar surface area (TPSA) is 12.0 Å². The van der Waals surface area contributed by atoms with Crippen molar-refractivity contribution in [3.8, 4) is 0 Å². The zero-order chi connectivity index (χ0) is 14.0. The lowest BCUT2D eigenvalue weighted by Crippen LogP contribution is -2.19. The van der Waals surface area contributed by atoms with Gasteiger partial charge in [-0.15, -0.1) is 11.3 Å². The van der Waals surface area contributed by atoms with Crippen molar-refractivity contribution >= 4 is 11.3 Å². The summed E-state index contributed by atoms with van der Waals surface area (Å²) in [6, 6.07) is 5.93. The Labute approximate surface area is 116 Å². The third kappa shape index (κ3) is 3.19. The molecular formula is C15H17F2NS.